The Morgan fingerprint density at radius 2 is 1.46 bits per heavy atom. The predicted molar refractivity (Wildman–Crippen MR) is 57.7 cm³/mol. The molecule has 0 radical (unpaired) electrons. The highest BCUT2D eigenvalue weighted by atomic mass is 16.3. The van der Waals surface area contributed by atoms with Crippen molar-refractivity contribution in [2.45, 2.75) is 53.5 Å². The van der Waals surface area contributed by atoms with Crippen LogP contribution in [0.1, 0.15) is 47.5 Å². The molecule has 0 bridgehead atoms. The van der Waals surface area contributed by atoms with E-state index in [1.54, 1.807) is 0 Å². The van der Waals surface area contributed by atoms with Crippen molar-refractivity contribution in [3.8, 4) is 0 Å². The van der Waals surface area contributed by atoms with E-state index in [2.05, 4.69) is 27.7 Å². The third-order valence-corrected chi connectivity index (χ3v) is 0.719. The monoisotopic (exact) mass is 191 g/mol. The maximum atomic E-state index is 10.1. The van der Waals surface area contributed by atoms with Crippen molar-refractivity contribution in [2.24, 2.45) is 5.73 Å². The molecule has 1 atom stereocenters. The van der Waals surface area contributed by atoms with E-state index in [9.17, 15) is 4.79 Å². The van der Waals surface area contributed by atoms with Gasteiger partial charge in [0, 0.05) is 0 Å². The number of carbonyl (C=O) groups is 1. The lowest BCUT2D eigenvalue weighted by atomic mass is 10.2. The SMILES string of the molecule is CC(=O)C(N)CO.CCC.CCC. The quantitative estimate of drug-likeness (QED) is 0.698. The van der Waals surface area contributed by atoms with Crippen LogP contribution in [0, 0.1) is 0 Å². The maximum absolute atomic E-state index is 10.1. The summed E-state index contributed by atoms with van der Waals surface area (Å²) in [5.74, 6) is -0.178. The summed E-state index contributed by atoms with van der Waals surface area (Å²) >= 11 is 0. The van der Waals surface area contributed by atoms with Crippen LogP contribution in [-0.2, 0) is 4.79 Å². The molecule has 0 aliphatic rings. The molecule has 0 saturated carbocycles. The first kappa shape index (κ1) is 18.4. The van der Waals surface area contributed by atoms with Crippen molar-refractivity contribution in [3.05, 3.63) is 0 Å². The summed E-state index contributed by atoms with van der Waals surface area (Å²) in [4.78, 5) is 10.1. The third kappa shape index (κ3) is 34.1. The van der Waals surface area contributed by atoms with Crippen molar-refractivity contribution in [1.29, 1.82) is 0 Å². The zero-order valence-corrected chi connectivity index (χ0v) is 9.63. The van der Waals surface area contributed by atoms with Gasteiger partial charge in [-0.05, 0) is 6.92 Å². The van der Waals surface area contributed by atoms with E-state index in [0.29, 0.717) is 0 Å². The smallest absolute Gasteiger partial charge is 0.148 e. The zero-order chi connectivity index (χ0) is 11.3. The summed E-state index contributed by atoms with van der Waals surface area (Å²) in [5.41, 5.74) is 5.02. The minimum Gasteiger partial charge on any atom is -0.394 e. The molecule has 0 aromatic rings. The molecular weight excluding hydrogens is 166 g/mol. The number of ketones is 1. The average molecular weight is 191 g/mol. The van der Waals surface area contributed by atoms with E-state index in [-0.39, 0.29) is 12.4 Å². The fraction of sp³-hybridized carbons (Fsp3) is 0.900. The van der Waals surface area contributed by atoms with Gasteiger partial charge in [-0.3, -0.25) is 4.79 Å². The Kier molecular flexibility index (Phi) is 24.9. The van der Waals surface area contributed by atoms with Gasteiger partial charge in [-0.15, -0.1) is 0 Å². The summed E-state index contributed by atoms with van der Waals surface area (Å²) < 4.78 is 0. The van der Waals surface area contributed by atoms with Gasteiger partial charge in [0.15, 0.2) is 0 Å². The highest BCUT2D eigenvalue weighted by Crippen LogP contribution is 1.74. The number of carbonyl (C=O) groups excluding carboxylic acids is 1. The molecular formula is C10H25NO2. The van der Waals surface area contributed by atoms with Crippen LogP contribution >= 0.6 is 0 Å². The van der Waals surface area contributed by atoms with Gasteiger partial charge in [-0.25, -0.2) is 0 Å². The predicted octanol–water partition coefficient (Wildman–Crippen LogP) is 1.73. The minimum atomic E-state index is -0.681. The molecule has 3 N–H and O–H groups in total. The van der Waals surface area contributed by atoms with Crippen molar-refractivity contribution in [2.75, 3.05) is 6.61 Å². The lowest BCUT2D eigenvalue weighted by Crippen LogP contribution is -2.31. The number of aliphatic hydroxyl groups excluding tert-OH is 1. The summed E-state index contributed by atoms with van der Waals surface area (Å²) in [6, 6.07) is -0.681. The molecule has 0 aliphatic heterocycles. The number of nitrogens with two attached hydrogens (primary N) is 1. The van der Waals surface area contributed by atoms with Gasteiger partial charge in [0.05, 0.1) is 12.6 Å². The Hall–Kier alpha value is -0.410. The standard InChI is InChI=1S/C4H9NO2.2C3H8/c1-3(7)4(5)2-6;2*1-3-2/h4,6H,2,5H2,1H3;2*3H2,1-2H3. The van der Waals surface area contributed by atoms with Crippen molar-refractivity contribution >= 4 is 5.78 Å². The molecule has 0 fully saturated rings. The largest absolute Gasteiger partial charge is 0.394 e. The third-order valence-electron chi connectivity index (χ3n) is 0.719. The van der Waals surface area contributed by atoms with Crippen LogP contribution in [0.15, 0.2) is 0 Å². The number of hydrogen-bond acceptors (Lipinski definition) is 3. The van der Waals surface area contributed by atoms with E-state index in [4.69, 9.17) is 10.8 Å². The first-order chi connectivity index (χ1) is 6.01. The van der Waals surface area contributed by atoms with Crippen LogP contribution in [-0.4, -0.2) is 23.5 Å². The zero-order valence-electron chi connectivity index (χ0n) is 9.63. The van der Waals surface area contributed by atoms with Crippen LogP contribution in [0.2, 0.25) is 0 Å². The van der Waals surface area contributed by atoms with E-state index in [0.717, 1.165) is 0 Å². The summed E-state index contributed by atoms with van der Waals surface area (Å²) in [5, 5.41) is 8.16. The number of aliphatic hydroxyl groups is 1. The number of Topliss-reactive ketones (excluding diaryl/α,β-unsaturated/α-hetero) is 1. The van der Waals surface area contributed by atoms with E-state index in [1.807, 2.05) is 0 Å². The molecule has 0 aliphatic carbocycles. The summed E-state index contributed by atoms with van der Waals surface area (Å²) in [6.45, 7) is 9.59. The molecule has 13 heavy (non-hydrogen) atoms. The molecule has 1 unspecified atom stereocenters. The van der Waals surface area contributed by atoms with E-state index in [1.165, 1.54) is 19.8 Å². The van der Waals surface area contributed by atoms with Crippen molar-refractivity contribution < 1.29 is 9.90 Å². The second kappa shape index (κ2) is 17.6. The highest BCUT2D eigenvalue weighted by molar-refractivity contribution is 5.81. The van der Waals surface area contributed by atoms with Crippen LogP contribution < -0.4 is 5.73 Å². The second-order valence-electron chi connectivity index (χ2n) is 2.81. The minimum absolute atomic E-state index is 0.178. The van der Waals surface area contributed by atoms with Gasteiger partial charge < -0.3 is 10.8 Å². The van der Waals surface area contributed by atoms with Crippen molar-refractivity contribution in [3.63, 3.8) is 0 Å². The summed E-state index contributed by atoms with van der Waals surface area (Å²) in [7, 11) is 0. The second-order valence-corrected chi connectivity index (χ2v) is 2.81. The Morgan fingerprint density at radius 1 is 1.23 bits per heavy atom. The van der Waals surface area contributed by atoms with Gasteiger partial charge in [0.2, 0.25) is 0 Å². The van der Waals surface area contributed by atoms with Gasteiger partial charge >= 0.3 is 0 Å². The molecule has 0 aromatic heterocycles. The molecule has 0 heterocycles. The first-order valence-electron chi connectivity index (χ1n) is 4.88. The number of rotatable bonds is 2. The molecule has 0 saturated heterocycles. The lowest BCUT2D eigenvalue weighted by molar-refractivity contribution is -0.118. The summed E-state index contributed by atoms with van der Waals surface area (Å²) in [6.07, 6.45) is 2.50. The molecule has 3 nitrogen and oxygen atoms in total. The normalized spacial score (nSPS) is 10.1. The molecule has 0 spiro atoms. The molecule has 82 valence electrons. The Labute approximate surface area is 82.3 Å². The Morgan fingerprint density at radius 3 is 1.46 bits per heavy atom. The highest BCUT2D eigenvalue weighted by Gasteiger charge is 2.02. The molecule has 0 aromatic carbocycles. The fourth-order valence-electron chi connectivity index (χ4n) is 0.129. The maximum Gasteiger partial charge on any atom is 0.148 e. The average Bonchev–Trinajstić information content (AvgIpc) is 2.05. The van der Waals surface area contributed by atoms with Gasteiger partial charge in [0.1, 0.15) is 5.78 Å². The van der Waals surface area contributed by atoms with Crippen LogP contribution in [0.4, 0.5) is 0 Å². The topological polar surface area (TPSA) is 63.3 Å². The van der Waals surface area contributed by atoms with Gasteiger partial charge in [-0.1, -0.05) is 40.5 Å². The molecule has 0 rings (SSSR count). The Balaban J connectivity index is -0.000000140. The van der Waals surface area contributed by atoms with Crippen LogP contribution in [0.3, 0.4) is 0 Å². The molecule has 0 amide bonds. The number of hydrogen-bond donors (Lipinski definition) is 2. The first-order valence-corrected chi connectivity index (χ1v) is 4.88. The van der Waals surface area contributed by atoms with Gasteiger partial charge in [-0.2, -0.15) is 0 Å². The van der Waals surface area contributed by atoms with Crippen molar-refractivity contribution in [1.82, 2.24) is 0 Å². The van der Waals surface area contributed by atoms with E-state index < -0.39 is 6.04 Å². The van der Waals surface area contributed by atoms with Gasteiger partial charge in [0.25, 0.3) is 0 Å². The fourth-order valence-corrected chi connectivity index (χ4v) is 0.129. The lowest BCUT2D eigenvalue weighted by Gasteiger charge is -1.98. The van der Waals surface area contributed by atoms with Crippen LogP contribution in [0.25, 0.3) is 0 Å². The van der Waals surface area contributed by atoms with E-state index >= 15 is 0 Å². The molecule has 3 heteroatoms. The van der Waals surface area contributed by atoms with Crippen LogP contribution in [0.5, 0.6) is 0 Å². The Bertz CT molecular complexity index is 92.9.